The molecule has 0 aliphatic carbocycles. The molecule has 0 unspecified atom stereocenters. The van der Waals surface area contributed by atoms with Crippen molar-refractivity contribution in [1.29, 1.82) is 0 Å². The Hall–Kier alpha value is -1.55. The Kier molecular flexibility index (Phi) is 6.72. The van der Waals surface area contributed by atoms with Crippen molar-refractivity contribution in [2.24, 2.45) is 0 Å². The zero-order valence-corrected chi connectivity index (χ0v) is 13.9. The van der Waals surface area contributed by atoms with Crippen LogP contribution in [0.2, 0.25) is 0 Å². The van der Waals surface area contributed by atoms with Crippen LogP contribution in [0.3, 0.4) is 0 Å². The first-order valence-electron chi connectivity index (χ1n) is 8.47. The number of hydrogen-bond donors (Lipinski definition) is 1. The monoisotopic (exact) mass is 304 g/mol. The molecule has 4 nitrogen and oxygen atoms in total. The lowest BCUT2D eigenvalue weighted by Crippen LogP contribution is -2.46. The third-order valence-corrected chi connectivity index (χ3v) is 4.14. The van der Waals surface area contributed by atoms with Gasteiger partial charge in [0.05, 0.1) is 6.61 Å². The highest BCUT2D eigenvalue weighted by atomic mass is 16.5. The minimum atomic E-state index is 0.283. The Labute approximate surface area is 133 Å². The molecule has 4 heteroatoms. The molecule has 1 heterocycles. The van der Waals surface area contributed by atoms with Gasteiger partial charge in [-0.1, -0.05) is 19.1 Å². The molecule has 0 radical (unpaired) electrons. The van der Waals surface area contributed by atoms with E-state index in [9.17, 15) is 4.79 Å². The molecule has 1 aromatic carbocycles. The number of nitrogens with zero attached hydrogens (tertiary/aromatic N) is 1. The summed E-state index contributed by atoms with van der Waals surface area (Å²) < 4.78 is 5.71. The maximum absolute atomic E-state index is 12.2. The van der Waals surface area contributed by atoms with Gasteiger partial charge in [0.2, 0.25) is 5.91 Å². The van der Waals surface area contributed by atoms with Gasteiger partial charge in [-0.25, -0.2) is 0 Å². The molecule has 1 saturated heterocycles. The molecule has 1 aliphatic rings. The zero-order chi connectivity index (χ0) is 15.8. The molecule has 1 N–H and O–H groups in total. The van der Waals surface area contributed by atoms with E-state index in [2.05, 4.69) is 30.4 Å². The van der Waals surface area contributed by atoms with Crippen molar-refractivity contribution < 1.29 is 9.53 Å². The van der Waals surface area contributed by atoms with Crippen LogP contribution in [-0.2, 0) is 17.6 Å². The second-order valence-corrected chi connectivity index (χ2v) is 5.71. The van der Waals surface area contributed by atoms with E-state index in [1.807, 2.05) is 11.8 Å². The Balaban J connectivity index is 1.88. The summed E-state index contributed by atoms with van der Waals surface area (Å²) in [4.78, 5) is 14.2. The molecule has 1 fully saturated rings. The van der Waals surface area contributed by atoms with Gasteiger partial charge < -0.3 is 15.0 Å². The summed E-state index contributed by atoms with van der Waals surface area (Å²) in [5.41, 5.74) is 2.56. The fourth-order valence-electron chi connectivity index (χ4n) is 2.85. The van der Waals surface area contributed by atoms with Gasteiger partial charge in [0, 0.05) is 32.6 Å². The second kappa shape index (κ2) is 8.79. The first kappa shape index (κ1) is 16.8. The molecular formula is C18H28N2O2. The topological polar surface area (TPSA) is 41.6 Å². The van der Waals surface area contributed by atoms with Crippen LogP contribution in [0.1, 0.15) is 37.8 Å². The van der Waals surface area contributed by atoms with Gasteiger partial charge in [-0.3, -0.25) is 4.79 Å². The van der Waals surface area contributed by atoms with Crippen molar-refractivity contribution in [2.75, 3.05) is 32.8 Å². The van der Waals surface area contributed by atoms with Crippen LogP contribution in [0.25, 0.3) is 0 Å². The molecule has 1 amide bonds. The molecule has 0 aromatic heterocycles. The van der Waals surface area contributed by atoms with Crippen molar-refractivity contribution in [2.45, 2.75) is 39.5 Å². The predicted molar refractivity (Wildman–Crippen MR) is 89.4 cm³/mol. The van der Waals surface area contributed by atoms with Crippen LogP contribution < -0.4 is 10.1 Å². The second-order valence-electron chi connectivity index (χ2n) is 5.71. The summed E-state index contributed by atoms with van der Waals surface area (Å²) in [6.07, 6.45) is 3.44. The average Bonchev–Trinajstić information content (AvgIpc) is 2.57. The molecule has 22 heavy (non-hydrogen) atoms. The molecule has 122 valence electrons. The normalized spacial score (nSPS) is 14.9. The summed E-state index contributed by atoms with van der Waals surface area (Å²) >= 11 is 0. The number of carbonyl (C=O) groups is 1. The van der Waals surface area contributed by atoms with Crippen molar-refractivity contribution in [1.82, 2.24) is 10.2 Å². The van der Waals surface area contributed by atoms with Crippen LogP contribution in [0.5, 0.6) is 5.75 Å². The minimum absolute atomic E-state index is 0.283. The standard InChI is InChI=1S/C18H28N2O2/c1-3-15-8-9-17(22-4-2)16(14-15)6-5-7-18(21)20-12-10-19-11-13-20/h8-9,14,19H,3-7,10-13H2,1-2H3. The van der Waals surface area contributed by atoms with Crippen LogP contribution in [0, 0.1) is 0 Å². The maximum atomic E-state index is 12.2. The van der Waals surface area contributed by atoms with Gasteiger partial charge in [0.15, 0.2) is 0 Å². The summed E-state index contributed by atoms with van der Waals surface area (Å²) in [7, 11) is 0. The lowest BCUT2D eigenvalue weighted by atomic mass is 10.0. The van der Waals surface area contributed by atoms with Gasteiger partial charge in [0.25, 0.3) is 0 Å². The van der Waals surface area contributed by atoms with Crippen molar-refractivity contribution >= 4 is 5.91 Å². The fourth-order valence-corrected chi connectivity index (χ4v) is 2.85. The number of nitrogens with one attached hydrogen (secondary N) is 1. The van der Waals surface area contributed by atoms with Gasteiger partial charge in [-0.05, 0) is 43.4 Å². The van der Waals surface area contributed by atoms with E-state index >= 15 is 0 Å². The summed E-state index contributed by atoms with van der Waals surface area (Å²) in [6.45, 7) is 8.36. The molecule has 0 spiro atoms. The number of rotatable bonds is 7. The number of aryl methyl sites for hydroxylation is 2. The molecule has 0 atom stereocenters. The highest BCUT2D eigenvalue weighted by molar-refractivity contribution is 5.76. The minimum Gasteiger partial charge on any atom is -0.494 e. The number of amides is 1. The lowest BCUT2D eigenvalue weighted by Gasteiger charge is -2.27. The highest BCUT2D eigenvalue weighted by Crippen LogP contribution is 2.23. The number of carbonyl (C=O) groups excluding carboxylic acids is 1. The SMILES string of the molecule is CCOc1ccc(CC)cc1CCCC(=O)N1CCNCC1. The van der Waals surface area contributed by atoms with E-state index in [0.29, 0.717) is 13.0 Å². The molecular weight excluding hydrogens is 276 g/mol. The number of ether oxygens (including phenoxy) is 1. The maximum Gasteiger partial charge on any atom is 0.222 e. The predicted octanol–water partition coefficient (Wildman–Crippen LogP) is 2.40. The van der Waals surface area contributed by atoms with Crippen LogP contribution in [-0.4, -0.2) is 43.6 Å². The molecule has 1 aromatic rings. The summed E-state index contributed by atoms with van der Waals surface area (Å²) in [5.74, 6) is 1.25. The van der Waals surface area contributed by atoms with Gasteiger partial charge in [-0.2, -0.15) is 0 Å². The Morgan fingerprint density at radius 2 is 2.05 bits per heavy atom. The van der Waals surface area contributed by atoms with Crippen molar-refractivity contribution in [3.63, 3.8) is 0 Å². The molecule has 1 aliphatic heterocycles. The highest BCUT2D eigenvalue weighted by Gasteiger charge is 2.15. The smallest absolute Gasteiger partial charge is 0.222 e. The Bertz CT molecular complexity index is 482. The third-order valence-electron chi connectivity index (χ3n) is 4.14. The number of piperazine rings is 1. The third kappa shape index (κ3) is 4.73. The Morgan fingerprint density at radius 3 is 2.73 bits per heavy atom. The van der Waals surface area contributed by atoms with Gasteiger partial charge in [0.1, 0.15) is 5.75 Å². The van der Waals surface area contributed by atoms with Crippen molar-refractivity contribution in [3.05, 3.63) is 29.3 Å². The lowest BCUT2D eigenvalue weighted by molar-refractivity contribution is -0.131. The van der Waals surface area contributed by atoms with Gasteiger partial charge >= 0.3 is 0 Å². The molecule has 0 saturated carbocycles. The first-order chi connectivity index (χ1) is 10.7. The van der Waals surface area contributed by atoms with Gasteiger partial charge in [-0.15, -0.1) is 0 Å². The Morgan fingerprint density at radius 1 is 1.27 bits per heavy atom. The molecule has 0 bridgehead atoms. The van der Waals surface area contributed by atoms with Crippen molar-refractivity contribution in [3.8, 4) is 5.75 Å². The largest absolute Gasteiger partial charge is 0.494 e. The van der Waals surface area contributed by atoms with E-state index in [4.69, 9.17) is 4.74 Å². The molecule has 2 rings (SSSR count). The van der Waals surface area contributed by atoms with E-state index < -0.39 is 0 Å². The quantitative estimate of drug-likeness (QED) is 0.841. The van der Waals surface area contributed by atoms with E-state index in [1.54, 1.807) is 0 Å². The summed E-state index contributed by atoms with van der Waals surface area (Å²) in [5, 5.41) is 3.28. The average molecular weight is 304 g/mol. The van der Waals surface area contributed by atoms with E-state index in [-0.39, 0.29) is 5.91 Å². The zero-order valence-electron chi connectivity index (χ0n) is 13.9. The van der Waals surface area contributed by atoms with Crippen LogP contribution in [0.4, 0.5) is 0 Å². The number of benzene rings is 1. The first-order valence-corrected chi connectivity index (χ1v) is 8.47. The van der Waals surface area contributed by atoms with Crippen LogP contribution >= 0.6 is 0 Å². The van der Waals surface area contributed by atoms with Crippen LogP contribution in [0.15, 0.2) is 18.2 Å². The fraction of sp³-hybridized carbons (Fsp3) is 0.611. The van der Waals surface area contributed by atoms with E-state index in [0.717, 1.165) is 51.2 Å². The van der Waals surface area contributed by atoms with E-state index in [1.165, 1.54) is 11.1 Å². The summed E-state index contributed by atoms with van der Waals surface area (Å²) in [6, 6.07) is 6.41. The number of hydrogen-bond acceptors (Lipinski definition) is 3.